The van der Waals surface area contributed by atoms with E-state index in [0.29, 0.717) is 22.0 Å². The van der Waals surface area contributed by atoms with Gasteiger partial charge in [-0.25, -0.2) is 0 Å². The van der Waals surface area contributed by atoms with E-state index in [9.17, 15) is 5.11 Å². The van der Waals surface area contributed by atoms with E-state index in [-0.39, 0.29) is 11.6 Å². The summed E-state index contributed by atoms with van der Waals surface area (Å²) in [6.07, 6.45) is 1.68. The molecule has 1 heterocycles. The molecule has 0 unspecified atom stereocenters. The molecule has 0 N–H and O–H groups in total. The molecule has 0 aliphatic heterocycles. The molecule has 0 aliphatic rings. The Morgan fingerprint density at radius 1 is 0.800 bits per heavy atom. The van der Waals surface area contributed by atoms with Crippen LogP contribution in [0, 0.1) is 0 Å². The summed E-state index contributed by atoms with van der Waals surface area (Å²) in [4.78, 5) is 0. The highest BCUT2D eigenvalue weighted by atomic mass is 35.5. The fourth-order valence-electron chi connectivity index (χ4n) is 2.80. The van der Waals surface area contributed by atoms with Crippen LogP contribution in [-0.2, 0) is 0 Å². The van der Waals surface area contributed by atoms with Gasteiger partial charge in [-0.2, -0.15) is 0 Å². The zero-order chi connectivity index (χ0) is 20.8. The normalized spacial score (nSPS) is 12.0. The van der Waals surface area contributed by atoms with Crippen molar-refractivity contribution in [3.8, 4) is 11.3 Å². The third kappa shape index (κ3) is 4.59. The monoisotopic (exact) mass is 412 g/mol. The van der Waals surface area contributed by atoms with Gasteiger partial charge in [0.15, 0.2) is 0 Å². The van der Waals surface area contributed by atoms with E-state index in [4.69, 9.17) is 11.6 Å². The summed E-state index contributed by atoms with van der Waals surface area (Å²) in [6, 6.07) is 29.2. The Hall–Kier alpha value is -3.83. The summed E-state index contributed by atoms with van der Waals surface area (Å²) in [7, 11) is 0. The van der Waals surface area contributed by atoms with E-state index in [1.54, 1.807) is 42.6 Å². The van der Waals surface area contributed by atoms with E-state index >= 15 is 0 Å². The lowest BCUT2D eigenvalue weighted by molar-refractivity contribution is -0.648. The van der Waals surface area contributed by atoms with E-state index < -0.39 is 0 Å². The molecule has 0 fully saturated rings. The highest BCUT2D eigenvalue weighted by molar-refractivity contribution is 6.30. The molecule has 0 saturated heterocycles. The molecule has 30 heavy (non-hydrogen) atoms. The summed E-state index contributed by atoms with van der Waals surface area (Å²) >= 11 is 5.99. The van der Waals surface area contributed by atoms with E-state index in [1.165, 1.54) is 4.68 Å². The third-order valence-electron chi connectivity index (χ3n) is 4.31. The SMILES string of the molecule is [O-]/C(=C(\N=Nc1ccccc1)[n+]1cccc(-c2ccc(Cl)cc2)n1)c1ccccc1. The van der Waals surface area contributed by atoms with Crippen LogP contribution >= 0.6 is 11.6 Å². The molecular formula is C24H17ClN4O. The highest BCUT2D eigenvalue weighted by Crippen LogP contribution is 2.20. The van der Waals surface area contributed by atoms with Gasteiger partial charge in [-0.15, -0.1) is 0 Å². The van der Waals surface area contributed by atoms with Gasteiger partial charge < -0.3 is 5.11 Å². The molecule has 5 nitrogen and oxygen atoms in total. The Morgan fingerprint density at radius 3 is 2.17 bits per heavy atom. The van der Waals surface area contributed by atoms with Crippen molar-refractivity contribution in [1.29, 1.82) is 0 Å². The number of rotatable bonds is 5. The van der Waals surface area contributed by atoms with Gasteiger partial charge in [0.25, 0.3) is 0 Å². The molecule has 0 aliphatic carbocycles. The largest absolute Gasteiger partial charge is 0.866 e. The van der Waals surface area contributed by atoms with Crippen molar-refractivity contribution in [2.45, 2.75) is 0 Å². The van der Waals surface area contributed by atoms with Crippen LogP contribution in [0.2, 0.25) is 5.02 Å². The topological polar surface area (TPSA) is 64.6 Å². The molecule has 0 amide bonds. The maximum absolute atomic E-state index is 13.2. The molecule has 0 radical (unpaired) electrons. The molecule has 3 aromatic carbocycles. The van der Waals surface area contributed by atoms with Crippen molar-refractivity contribution >= 4 is 28.9 Å². The zero-order valence-electron chi connectivity index (χ0n) is 15.9. The van der Waals surface area contributed by atoms with Crippen molar-refractivity contribution in [1.82, 2.24) is 5.10 Å². The van der Waals surface area contributed by atoms with Gasteiger partial charge in [-0.3, -0.25) is 0 Å². The minimum absolute atomic E-state index is 0.0980. The van der Waals surface area contributed by atoms with E-state index in [2.05, 4.69) is 15.3 Å². The minimum Gasteiger partial charge on any atom is -0.866 e. The lowest BCUT2D eigenvalue weighted by Crippen LogP contribution is -2.37. The van der Waals surface area contributed by atoms with Crippen molar-refractivity contribution in [3.05, 3.63) is 114 Å². The van der Waals surface area contributed by atoms with E-state index in [0.717, 1.165) is 5.56 Å². The number of azo groups is 1. The molecular weight excluding hydrogens is 396 g/mol. The van der Waals surface area contributed by atoms with Crippen LogP contribution in [-0.4, -0.2) is 5.10 Å². The third-order valence-corrected chi connectivity index (χ3v) is 4.56. The van der Waals surface area contributed by atoms with Crippen LogP contribution < -0.4 is 9.79 Å². The first-order chi connectivity index (χ1) is 14.7. The molecule has 1 aromatic heterocycles. The van der Waals surface area contributed by atoms with E-state index in [1.807, 2.05) is 60.7 Å². The van der Waals surface area contributed by atoms with Gasteiger partial charge in [0.2, 0.25) is 0 Å². The first-order valence-corrected chi connectivity index (χ1v) is 9.67. The molecule has 6 heteroatoms. The number of halogens is 1. The van der Waals surface area contributed by atoms with Crippen LogP contribution in [0.4, 0.5) is 5.69 Å². The van der Waals surface area contributed by atoms with Gasteiger partial charge in [-0.05, 0) is 47.1 Å². The summed E-state index contributed by atoms with van der Waals surface area (Å²) in [5, 5.41) is 26.9. The lowest BCUT2D eigenvalue weighted by Gasteiger charge is -2.11. The predicted octanol–water partition coefficient (Wildman–Crippen LogP) is 5.12. The molecule has 0 spiro atoms. The Labute approximate surface area is 179 Å². The maximum Gasteiger partial charge on any atom is 0.368 e. The summed E-state index contributed by atoms with van der Waals surface area (Å²) < 4.78 is 1.45. The summed E-state index contributed by atoms with van der Waals surface area (Å²) in [5.74, 6) is -0.179. The van der Waals surface area contributed by atoms with Crippen LogP contribution in [0.25, 0.3) is 22.8 Å². The average Bonchev–Trinajstić information content (AvgIpc) is 2.81. The Morgan fingerprint density at radius 2 is 1.47 bits per heavy atom. The number of hydrogen-bond acceptors (Lipinski definition) is 4. The Kier molecular flexibility index (Phi) is 5.92. The quantitative estimate of drug-likeness (QED) is 0.259. The zero-order valence-corrected chi connectivity index (χ0v) is 16.6. The first kappa shape index (κ1) is 19.5. The van der Waals surface area contributed by atoms with Gasteiger partial charge in [0.05, 0.1) is 5.11 Å². The lowest BCUT2D eigenvalue weighted by atomic mass is 10.1. The minimum atomic E-state index is -0.277. The van der Waals surface area contributed by atoms with Crippen molar-refractivity contribution in [3.63, 3.8) is 0 Å². The number of aromatic nitrogens is 2. The molecule has 4 rings (SSSR count). The summed E-state index contributed by atoms with van der Waals surface area (Å²) in [5.41, 5.74) is 2.71. The standard InChI is InChI=1S/C24H17ClN4O/c25-20-15-13-18(14-16-20)22-12-7-17-29(28-22)24(23(30)19-8-3-1-4-9-19)27-26-21-10-5-2-6-11-21/h1-17H. The van der Waals surface area contributed by atoms with Crippen molar-refractivity contribution in [2.24, 2.45) is 10.2 Å². The number of nitrogens with zero attached hydrogens (tertiary/aromatic N) is 4. The Bertz CT molecular complexity index is 1190. The van der Waals surface area contributed by atoms with Crippen molar-refractivity contribution < 1.29 is 9.79 Å². The van der Waals surface area contributed by atoms with Crippen molar-refractivity contribution in [2.75, 3.05) is 0 Å². The van der Waals surface area contributed by atoms with Gasteiger partial charge in [-0.1, -0.05) is 82.0 Å². The Balaban J connectivity index is 1.81. The van der Waals surface area contributed by atoms with Crippen LogP contribution in [0.5, 0.6) is 0 Å². The van der Waals surface area contributed by atoms with Gasteiger partial charge >= 0.3 is 5.82 Å². The predicted molar refractivity (Wildman–Crippen MR) is 115 cm³/mol. The molecule has 4 aromatic rings. The molecule has 146 valence electrons. The fraction of sp³-hybridized carbons (Fsp3) is 0. The van der Waals surface area contributed by atoms with Crippen LogP contribution in [0.3, 0.4) is 0 Å². The number of benzene rings is 3. The van der Waals surface area contributed by atoms with Gasteiger partial charge in [0.1, 0.15) is 17.6 Å². The first-order valence-electron chi connectivity index (χ1n) is 9.29. The second kappa shape index (κ2) is 9.11. The average molecular weight is 413 g/mol. The number of hydrogen-bond donors (Lipinski definition) is 0. The molecule has 0 saturated carbocycles. The smallest absolute Gasteiger partial charge is 0.368 e. The van der Waals surface area contributed by atoms with Crippen LogP contribution in [0.1, 0.15) is 5.56 Å². The molecule has 0 atom stereocenters. The highest BCUT2D eigenvalue weighted by Gasteiger charge is 2.16. The second-order valence-corrected chi connectivity index (χ2v) is 6.84. The van der Waals surface area contributed by atoms with Crippen LogP contribution in [0.15, 0.2) is 113 Å². The second-order valence-electron chi connectivity index (χ2n) is 6.40. The summed E-state index contributed by atoms with van der Waals surface area (Å²) in [6.45, 7) is 0. The maximum atomic E-state index is 13.2. The van der Waals surface area contributed by atoms with Gasteiger partial charge in [0, 0.05) is 16.3 Å². The molecule has 0 bridgehead atoms. The fourth-order valence-corrected chi connectivity index (χ4v) is 2.93.